The Morgan fingerprint density at radius 3 is 2.44 bits per heavy atom. The van der Waals surface area contributed by atoms with Crippen molar-refractivity contribution >= 4 is 44.8 Å². The third-order valence-corrected chi connectivity index (χ3v) is 9.60. The molecule has 2 atom stereocenters. The average Bonchev–Trinajstić information content (AvgIpc) is 3.68. The number of rotatable bonds is 11. The number of aryl methyl sites for hydroxylation is 1. The van der Waals surface area contributed by atoms with Gasteiger partial charge in [-0.25, -0.2) is 27.2 Å². The lowest BCUT2D eigenvalue weighted by Crippen LogP contribution is -2.42. The van der Waals surface area contributed by atoms with Crippen molar-refractivity contribution in [1.82, 2.24) is 18.8 Å². The maximum atomic E-state index is 13.7. The SMILES string of the molecule is CC[C@@H]1CN(C(=O)OCc2ccccc2)C[C@@H]1C(=O)CN(C(=O)COC)c1cnc2c(ccn2S(=O)(=O)c2ccc(C)cc2)n1. The van der Waals surface area contributed by atoms with E-state index >= 15 is 0 Å². The van der Waals surface area contributed by atoms with Crippen molar-refractivity contribution in [3.8, 4) is 0 Å². The first kappa shape index (κ1) is 31.8. The van der Waals surface area contributed by atoms with Crippen LogP contribution in [0.2, 0.25) is 0 Å². The van der Waals surface area contributed by atoms with E-state index in [2.05, 4.69) is 9.97 Å². The highest BCUT2D eigenvalue weighted by molar-refractivity contribution is 7.90. The number of anilines is 1. The van der Waals surface area contributed by atoms with Gasteiger partial charge in [-0.2, -0.15) is 0 Å². The van der Waals surface area contributed by atoms with Crippen molar-refractivity contribution < 1.29 is 32.3 Å². The molecule has 45 heavy (non-hydrogen) atoms. The molecule has 0 N–H and O–H groups in total. The molecule has 0 radical (unpaired) electrons. The number of ether oxygens (including phenoxy) is 2. The molecule has 2 aromatic carbocycles. The van der Waals surface area contributed by atoms with Crippen LogP contribution in [0.25, 0.3) is 11.2 Å². The summed E-state index contributed by atoms with van der Waals surface area (Å²) in [4.78, 5) is 51.3. The molecule has 4 aromatic rings. The maximum Gasteiger partial charge on any atom is 0.410 e. The predicted molar refractivity (Wildman–Crippen MR) is 166 cm³/mol. The normalized spacial score (nSPS) is 16.6. The smallest absolute Gasteiger partial charge is 0.410 e. The van der Waals surface area contributed by atoms with E-state index in [1.165, 1.54) is 47.5 Å². The molecular weight excluding hydrogens is 598 g/mol. The molecule has 5 rings (SSSR count). The van der Waals surface area contributed by atoms with Crippen LogP contribution >= 0.6 is 0 Å². The van der Waals surface area contributed by atoms with Crippen molar-refractivity contribution in [2.24, 2.45) is 11.8 Å². The van der Waals surface area contributed by atoms with Crippen LogP contribution in [0.4, 0.5) is 10.6 Å². The molecule has 2 amide bonds. The molecule has 1 saturated heterocycles. The second-order valence-corrected chi connectivity index (χ2v) is 12.8. The number of hydrogen-bond donors (Lipinski definition) is 0. The summed E-state index contributed by atoms with van der Waals surface area (Å²) >= 11 is 0. The number of aromatic nitrogens is 3. The monoisotopic (exact) mass is 633 g/mol. The minimum atomic E-state index is -3.95. The molecule has 13 heteroatoms. The first-order chi connectivity index (χ1) is 21.6. The fourth-order valence-electron chi connectivity index (χ4n) is 5.41. The quantitative estimate of drug-likeness (QED) is 0.241. The number of hydrogen-bond acceptors (Lipinski definition) is 9. The van der Waals surface area contributed by atoms with E-state index in [-0.39, 0.29) is 59.9 Å². The van der Waals surface area contributed by atoms with Gasteiger partial charge in [0.1, 0.15) is 18.7 Å². The number of benzene rings is 2. The third-order valence-electron chi connectivity index (χ3n) is 7.92. The van der Waals surface area contributed by atoms with Gasteiger partial charge in [0, 0.05) is 32.3 Å². The Balaban J connectivity index is 1.34. The van der Waals surface area contributed by atoms with Crippen molar-refractivity contribution in [3.05, 3.63) is 84.2 Å². The standard InChI is InChI=1S/C32H35N5O7S/c1-4-24-17-35(32(40)44-20-23-8-6-5-7-9-23)18-26(24)28(38)19-36(30(39)21-43-3)29-16-33-31-27(34-29)14-15-37(31)45(41,42)25-12-10-22(2)11-13-25/h5-16,24,26H,4,17-21H2,1-3H3/t24-,26+/m1/s1. The minimum Gasteiger partial charge on any atom is -0.445 e. The lowest BCUT2D eigenvalue weighted by atomic mass is 9.89. The van der Waals surface area contributed by atoms with Crippen molar-refractivity contribution in [2.45, 2.75) is 31.8 Å². The molecular formula is C32H35N5O7S. The summed E-state index contributed by atoms with van der Waals surface area (Å²) in [6, 6.07) is 17.3. The second-order valence-electron chi connectivity index (χ2n) is 11.0. The van der Waals surface area contributed by atoms with Gasteiger partial charge in [0.15, 0.2) is 17.2 Å². The summed E-state index contributed by atoms with van der Waals surface area (Å²) in [5, 5.41) is 0. The lowest BCUT2D eigenvalue weighted by Gasteiger charge is -2.23. The summed E-state index contributed by atoms with van der Waals surface area (Å²) in [6.45, 7) is 3.84. The molecule has 1 fully saturated rings. The summed E-state index contributed by atoms with van der Waals surface area (Å²) in [6.07, 6.45) is 2.77. The van der Waals surface area contributed by atoms with Gasteiger partial charge in [-0.05, 0) is 36.6 Å². The fraction of sp³-hybridized carbons (Fsp3) is 0.344. The van der Waals surface area contributed by atoms with Crippen molar-refractivity contribution in [2.75, 3.05) is 38.3 Å². The van der Waals surface area contributed by atoms with Crippen LogP contribution in [-0.2, 0) is 35.7 Å². The highest BCUT2D eigenvalue weighted by Crippen LogP contribution is 2.29. The first-order valence-corrected chi connectivity index (χ1v) is 16.0. The first-order valence-electron chi connectivity index (χ1n) is 14.6. The maximum absolute atomic E-state index is 13.7. The Bertz CT molecular complexity index is 1790. The third kappa shape index (κ3) is 6.89. The number of likely N-dealkylation sites (tertiary alicyclic amines) is 1. The number of nitrogens with zero attached hydrogens (tertiary/aromatic N) is 5. The summed E-state index contributed by atoms with van der Waals surface area (Å²) in [7, 11) is -2.58. The second kappa shape index (κ2) is 13.6. The highest BCUT2D eigenvalue weighted by atomic mass is 32.2. The van der Waals surface area contributed by atoms with Gasteiger partial charge in [0.2, 0.25) is 0 Å². The van der Waals surface area contributed by atoms with E-state index < -0.39 is 27.9 Å². The molecule has 12 nitrogen and oxygen atoms in total. The molecule has 2 aromatic heterocycles. The zero-order chi connectivity index (χ0) is 32.1. The molecule has 3 heterocycles. The zero-order valence-corrected chi connectivity index (χ0v) is 26.1. The summed E-state index contributed by atoms with van der Waals surface area (Å²) in [5.74, 6) is -1.32. The van der Waals surface area contributed by atoms with Gasteiger partial charge in [-0.15, -0.1) is 0 Å². The largest absolute Gasteiger partial charge is 0.445 e. The molecule has 1 aliphatic rings. The Labute approximate surface area is 261 Å². The molecule has 1 aliphatic heterocycles. The number of ketones is 1. The molecule has 0 unspecified atom stereocenters. The predicted octanol–water partition coefficient (Wildman–Crippen LogP) is 3.82. The Hall–Kier alpha value is -4.62. The topological polar surface area (TPSA) is 141 Å². The van der Waals surface area contributed by atoms with Gasteiger partial charge in [0.25, 0.3) is 15.9 Å². The number of carbonyl (C=O) groups is 3. The molecule has 0 bridgehead atoms. The van der Waals surface area contributed by atoms with E-state index in [0.29, 0.717) is 13.0 Å². The van der Waals surface area contributed by atoms with Crippen molar-refractivity contribution in [3.63, 3.8) is 0 Å². The molecule has 0 spiro atoms. The van der Waals surface area contributed by atoms with Crippen LogP contribution in [0.15, 0.2) is 78.0 Å². The molecule has 236 valence electrons. The van der Waals surface area contributed by atoms with Crippen LogP contribution in [0, 0.1) is 18.8 Å². The van der Waals surface area contributed by atoms with Crippen LogP contribution < -0.4 is 4.90 Å². The van der Waals surface area contributed by atoms with E-state index in [0.717, 1.165) is 15.1 Å². The van der Waals surface area contributed by atoms with Crippen LogP contribution in [0.1, 0.15) is 24.5 Å². The fourth-order valence-corrected chi connectivity index (χ4v) is 6.70. The number of fused-ring (bicyclic) bond motifs is 1. The van der Waals surface area contributed by atoms with Crippen LogP contribution in [-0.4, -0.2) is 78.4 Å². The van der Waals surface area contributed by atoms with Gasteiger partial charge in [-0.1, -0.05) is 61.4 Å². The summed E-state index contributed by atoms with van der Waals surface area (Å²) in [5.41, 5.74) is 2.09. The minimum absolute atomic E-state index is 0.0774. The van der Waals surface area contributed by atoms with Crippen LogP contribution in [0.5, 0.6) is 0 Å². The number of Topliss-reactive ketones (excluding diaryl/α,β-unsaturated/α-hetero) is 1. The summed E-state index contributed by atoms with van der Waals surface area (Å²) < 4.78 is 38.2. The average molecular weight is 634 g/mol. The van der Waals surface area contributed by atoms with Gasteiger partial charge < -0.3 is 14.4 Å². The molecule has 0 saturated carbocycles. The van der Waals surface area contributed by atoms with Gasteiger partial charge >= 0.3 is 6.09 Å². The van der Waals surface area contributed by atoms with Gasteiger partial charge in [0.05, 0.1) is 17.6 Å². The van der Waals surface area contributed by atoms with E-state index in [1.54, 1.807) is 12.1 Å². The number of amides is 2. The van der Waals surface area contributed by atoms with E-state index in [4.69, 9.17) is 9.47 Å². The highest BCUT2D eigenvalue weighted by Gasteiger charge is 2.40. The number of carbonyl (C=O) groups excluding carboxylic acids is 3. The lowest BCUT2D eigenvalue weighted by molar-refractivity contribution is -0.127. The van der Waals surface area contributed by atoms with Crippen LogP contribution in [0.3, 0.4) is 0 Å². The Morgan fingerprint density at radius 2 is 1.76 bits per heavy atom. The molecule has 0 aliphatic carbocycles. The van der Waals surface area contributed by atoms with E-state index in [1.807, 2.05) is 44.2 Å². The number of methoxy groups -OCH3 is 1. The van der Waals surface area contributed by atoms with E-state index in [9.17, 15) is 22.8 Å². The Kier molecular flexibility index (Phi) is 9.59. The van der Waals surface area contributed by atoms with Crippen molar-refractivity contribution in [1.29, 1.82) is 0 Å². The van der Waals surface area contributed by atoms with Gasteiger partial charge in [-0.3, -0.25) is 14.5 Å². The Morgan fingerprint density at radius 1 is 1.02 bits per heavy atom. The zero-order valence-electron chi connectivity index (χ0n) is 25.3.